The second-order valence-electron chi connectivity index (χ2n) is 3.12. The molecule has 0 saturated carbocycles. The zero-order chi connectivity index (χ0) is 10.1. The standard InChI is InChI=1S/C9H20S4/c1-2-3-4-5-9(12)13-7-8(11)6-10/h8-12H,2-7H2,1H3. The van der Waals surface area contributed by atoms with Gasteiger partial charge in [-0.05, 0) is 6.42 Å². The molecule has 0 radical (unpaired) electrons. The summed E-state index contributed by atoms with van der Waals surface area (Å²) in [6, 6.07) is 0. The molecule has 80 valence electrons. The van der Waals surface area contributed by atoms with E-state index < -0.39 is 0 Å². The van der Waals surface area contributed by atoms with E-state index in [1.807, 2.05) is 11.8 Å². The van der Waals surface area contributed by atoms with Crippen molar-refractivity contribution < 1.29 is 0 Å². The molecule has 0 aromatic rings. The van der Waals surface area contributed by atoms with Crippen molar-refractivity contribution >= 4 is 49.6 Å². The van der Waals surface area contributed by atoms with Crippen molar-refractivity contribution in [2.75, 3.05) is 11.5 Å². The third-order valence-electron chi connectivity index (χ3n) is 1.75. The summed E-state index contributed by atoms with van der Waals surface area (Å²) in [6.45, 7) is 2.23. The van der Waals surface area contributed by atoms with E-state index in [0.29, 0.717) is 9.83 Å². The van der Waals surface area contributed by atoms with Crippen LogP contribution in [0, 0.1) is 0 Å². The number of rotatable bonds is 8. The topological polar surface area (TPSA) is 0 Å². The van der Waals surface area contributed by atoms with Crippen molar-refractivity contribution in [1.82, 2.24) is 0 Å². The third-order valence-corrected chi connectivity index (χ3v) is 5.01. The summed E-state index contributed by atoms with van der Waals surface area (Å²) >= 11 is 15.0. The first-order chi connectivity index (χ1) is 6.20. The lowest BCUT2D eigenvalue weighted by Gasteiger charge is -2.12. The van der Waals surface area contributed by atoms with Gasteiger partial charge in [0.1, 0.15) is 0 Å². The molecule has 2 unspecified atom stereocenters. The smallest absolute Gasteiger partial charge is 0.0472 e. The molecule has 0 amide bonds. The van der Waals surface area contributed by atoms with Crippen LogP contribution in [0.3, 0.4) is 0 Å². The molecule has 0 nitrogen and oxygen atoms in total. The second kappa shape index (κ2) is 9.94. The Hall–Kier alpha value is 1.40. The van der Waals surface area contributed by atoms with E-state index in [2.05, 4.69) is 44.8 Å². The van der Waals surface area contributed by atoms with Gasteiger partial charge in [-0.2, -0.15) is 37.9 Å². The molecule has 0 fully saturated rings. The van der Waals surface area contributed by atoms with Crippen LogP contribution in [0.5, 0.6) is 0 Å². The summed E-state index contributed by atoms with van der Waals surface area (Å²) in [7, 11) is 0. The van der Waals surface area contributed by atoms with E-state index in [1.165, 1.54) is 25.7 Å². The molecular formula is C9H20S4. The Balaban J connectivity index is 3.24. The predicted octanol–water partition coefficient (Wildman–Crippen LogP) is 3.78. The third kappa shape index (κ3) is 9.70. The molecule has 4 heteroatoms. The highest BCUT2D eigenvalue weighted by Crippen LogP contribution is 2.23. The van der Waals surface area contributed by atoms with Crippen LogP contribution in [0.2, 0.25) is 0 Å². The average molecular weight is 257 g/mol. The van der Waals surface area contributed by atoms with Crippen LogP contribution in [0.25, 0.3) is 0 Å². The molecule has 0 aliphatic carbocycles. The van der Waals surface area contributed by atoms with Gasteiger partial charge in [-0.1, -0.05) is 26.2 Å². The van der Waals surface area contributed by atoms with Gasteiger partial charge in [-0.15, -0.1) is 11.8 Å². The van der Waals surface area contributed by atoms with Gasteiger partial charge in [0.05, 0.1) is 0 Å². The molecule has 0 rings (SSSR count). The molecule has 0 saturated heterocycles. The largest absolute Gasteiger partial charge is 0.178 e. The molecule has 0 aliphatic rings. The van der Waals surface area contributed by atoms with Crippen LogP contribution in [0.4, 0.5) is 0 Å². The number of thioether (sulfide) groups is 1. The Morgan fingerprint density at radius 1 is 1.23 bits per heavy atom. The highest BCUT2D eigenvalue weighted by Gasteiger charge is 2.06. The van der Waals surface area contributed by atoms with Gasteiger partial charge >= 0.3 is 0 Å². The minimum absolute atomic E-state index is 0.411. The lowest BCUT2D eigenvalue weighted by atomic mass is 10.2. The van der Waals surface area contributed by atoms with Crippen LogP contribution >= 0.6 is 49.6 Å². The van der Waals surface area contributed by atoms with Crippen molar-refractivity contribution in [1.29, 1.82) is 0 Å². The number of hydrogen-bond donors (Lipinski definition) is 3. The number of hydrogen-bond acceptors (Lipinski definition) is 4. The summed E-state index contributed by atoms with van der Waals surface area (Å²) in [5.41, 5.74) is 0. The minimum atomic E-state index is 0.411. The quantitative estimate of drug-likeness (QED) is 0.337. The fourth-order valence-electron chi connectivity index (χ4n) is 0.927. The van der Waals surface area contributed by atoms with Crippen LogP contribution < -0.4 is 0 Å². The fourth-order valence-corrected chi connectivity index (χ4v) is 2.83. The Bertz CT molecular complexity index is 108. The lowest BCUT2D eigenvalue weighted by Crippen LogP contribution is -2.06. The molecule has 0 aliphatic heterocycles. The Morgan fingerprint density at radius 3 is 2.46 bits per heavy atom. The van der Waals surface area contributed by atoms with E-state index >= 15 is 0 Å². The van der Waals surface area contributed by atoms with Crippen molar-refractivity contribution in [2.24, 2.45) is 0 Å². The summed E-state index contributed by atoms with van der Waals surface area (Å²) in [5, 5.41) is 0.411. The first-order valence-electron chi connectivity index (χ1n) is 4.79. The Labute approximate surface area is 103 Å². The molecule has 13 heavy (non-hydrogen) atoms. The van der Waals surface area contributed by atoms with Crippen LogP contribution in [0.15, 0.2) is 0 Å². The van der Waals surface area contributed by atoms with Gasteiger partial charge in [-0.3, -0.25) is 0 Å². The zero-order valence-corrected chi connectivity index (χ0v) is 11.6. The number of unbranched alkanes of at least 4 members (excludes halogenated alkanes) is 2. The average Bonchev–Trinajstić information content (AvgIpc) is 2.14. The Kier molecular flexibility index (Phi) is 11.0. The fraction of sp³-hybridized carbons (Fsp3) is 1.00. The predicted molar refractivity (Wildman–Crippen MR) is 76.0 cm³/mol. The monoisotopic (exact) mass is 256 g/mol. The normalized spacial score (nSPS) is 15.7. The van der Waals surface area contributed by atoms with Gasteiger partial charge < -0.3 is 0 Å². The Morgan fingerprint density at radius 2 is 1.92 bits per heavy atom. The van der Waals surface area contributed by atoms with Crippen LogP contribution in [-0.2, 0) is 0 Å². The van der Waals surface area contributed by atoms with Crippen LogP contribution in [-0.4, -0.2) is 21.3 Å². The summed E-state index contributed by atoms with van der Waals surface area (Å²) < 4.78 is 0.487. The lowest BCUT2D eigenvalue weighted by molar-refractivity contribution is 0.697. The van der Waals surface area contributed by atoms with Gasteiger partial charge in [0, 0.05) is 21.3 Å². The SMILES string of the molecule is CCCCCC(S)SCC(S)CS. The maximum absolute atomic E-state index is 4.52. The maximum Gasteiger partial charge on any atom is 0.0472 e. The van der Waals surface area contributed by atoms with E-state index in [0.717, 1.165) is 11.5 Å². The number of thiol groups is 3. The summed E-state index contributed by atoms with van der Waals surface area (Å²) in [5.74, 6) is 1.92. The van der Waals surface area contributed by atoms with Crippen molar-refractivity contribution in [3.05, 3.63) is 0 Å². The molecule has 0 heterocycles. The van der Waals surface area contributed by atoms with E-state index in [-0.39, 0.29) is 0 Å². The molecular weight excluding hydrogens is 236 g/mol. The molecule has 0 N–H and O–H groups in total. The van der Waals surface area contributed by atoms with E-state index in [4.69, 9.17) is 0 Å². The molecule has 0 aromatic carbocycles. The minimum Gasteiger partial charge on any atom is -0.178 e. The van der Waals surface area contributed by atoms with Gasteiger partial charge in [-0.25, -0.2) is 0 Å². The molecule has 0 aromatic heterocycles. The van der Waals surface area contributed by atoms with Gasteiger partial charge in [0.2, 0.25) is 0 Å². The van der Waals surface area contributed by atoms with Crippen LogP contribution in [0.1, 0.15) is 32.6 Å². The van der Waals surface area contributed by atoms with Gasteiger partial charge in [0.15, 0.2) is 0 Å². The zero-order valence-electron chi connectivity index (χ0n) is 8.15. The summed E-state index contributed by atoms with van der Waals surface area (Å²) in [6.07, 6.45) is 5.13. The van der Waals surface area contributed by atoms with Gasteiger partial charge in [0.25, 0.3) is 0 Å². The maximum atomic E-state index is 4.52. The van der Waals surface area contributed by atoms with Crippen molar-refractivity contribution in [2.45, 2.75) is 42.4 Å². The molecule has 0 spiro atoms. The first-order valence-corrected chi connectivity index (χ1v) is 7.50. The van der Waals surface area contributed by atoms with Crippen molar-refractivity contribution in [3.8, 4) is 0 Å². The van der Waals surface area contributed by atoms with E-state index in [1.54, 1.807) is 0 Å². The van der Waals surface area contributed by atoms with Crippen molar-refractivity contribution in [3.63, 3.8) is 0 Å². The summed E-state index contributed by atoms with van der Waals surface area (Å²) in [4.78, 5) is 0. The molecule has 0 bridgehead atoms. The second-order valence-corrected chi connectivity index (χ2v) is 6.42. The highest BCUT2D eigenvalue weighted by atomic mass is 32.2. The first kappa shape index (κ1) is 14.4. The van der Waals surface area contributed by atoms with E-state index in [9.17, 15) is 0 Å². The molecule has 2 atom stereocenters. The highest BCUT2D eigenvalue weighted by molar-refractivity contribution is 8.10.